The van der Waals surface area contributed by atoms with E-state index < -0.39 is 6.04 Å². The molecule has 1 unspecified atom stereocenters. The standard InChI is InChI=1S/C9H18N2O3/c1-14-5-3-8(10)9(13)11-4-2-7(12)6-11/h7-8,12H,2-6,10H2,1H3/t7-,8?/m1/s1. The highest BCUT2D eigenvalue weighted by atomic mass is 16.5. The van der Waals surface area contributed by atoms with Crippen LogP contribution in [0, 0.1) is 0 Å². The number of aliphatic hydroxyl groups excluding tert-OH is 1. The molecule has 1 fully saturated rings. The lowest BCUT2D eigenvalue weighted by atomic mass is 10.2. The largest absolute Gasteiger partial charge is 0.391 e. The van der Waals surface area contributed by atoms with Gasteiger partial charge >= 0.3 is 0 Å². The van der Waals surface area contributed by atoms with E-state index in [-0.39, 0.29) is 12.0 Å². The van der Waals surface area contributed by atoms with E-state index in [1.54, 1.807) is 12.0 Å². The number of ether oxygens (including phenoxy) is 1. The van der Waals surface area contributed by atoms with Crippen molar-refractivity contribution in [3.05, 3.63) is 0 Å². The first-order valence-electron chi connectivity index (χ1n) is 4.86. The molecular weight excluding hydrogens is 184 g/mol. The zero-order valence-corrected chi connectivity index (χ0v) is 8.48. The Labute approximate surface area is 83.8 Å². The fourth-order valence-corrected chi connectivity index (χ4v) is 1.54. The summed E-state index contributed by atoms with van der Waals surface area (Å²) in [6.07, 6.45) is 0.804. The van der Waals surface area contributed by atoms with E-state index in [0.29, 0.717) is 32.5 Å². The molecule has 3 N–H and O–H groups in total. The Morgan fingerprint density at radius 3 is 3.00 bits per heavy atom. The van der Waals surface area contributed by atoms with E-state index in [0.717, 1.165) is 0 Å². The summed E-state index contributed by atoms with van der Waals surface area (Å²) in [7, 11) is 1.58. The molecule has 0 aliphatic carbocycles. The summed E-state index contributed by atoms with van der Waals surface area (Å²) < 4.78 is 4.85. The Hall–Kier alpha value is -0.650. The highest BCUT2D eigenvalue weighted by Crippen LogP contribution is 2.10. The first-order chi connectivity index (χ1) is 6.65. The number of carbonyl (C=O) groups is 1. The van der Waals surface area contributed by atoms with Crippen LogP contribution in [-0.4, -0.2) is 54.9 Å². The summed E-state index contributed by atoms with van der Waals surface area (Å²) in [6.45, 7) is 1.52. The van der Waals surface area contributed by atoms with Gasteiger partial charge in [-0.3, -0.25) is 4.79 Å². The SMILES string of the molecule is COCCC(N)C(=O)N1CC[C@@H](O)C1. The maximum absolute atomic E-state index is 11.6. The van der Waals surface area contributed by atoms with Crippen LogP contribution in [0.15, 0.2) is 0 Å². The van der Waals surface area contributed by atoms with Crippen molar-refractivity contribution in [1.82, 2.24) is 4.90 Å². The summed E-state index contributed by atoms with van der Waals surface area (Å²) in [5, 5.41) is 9.25. The average Bonchev–Trinajstić information content (AvgIpc) is 2.60. The van der Waals surface area contributed by atoms with Crippen molar-refractivity contribution in [1.29, 1.82) is 0 Å². The molecular formula is C9H18N2O3. The monoisotopic (exact) mass is 202 g/mol. The number of methoxy groups -OCH3 is 1. The molecule has 82 valence electrons. The lowest BCUT2D eigenvalue weighted by molar-refractivity contribution is -0.132. The van der Waals surface area contributed by atoms with Crippen LogP contribution in [0.2, 0.25) is 0 Å². The Morgan fingerprint density at radius 1 is 1.79 bits per heavy atom. The van der Waals surface area contributed by atoms with Crippen molar-refractivity contribution >= 4 is 5.91 Å². The molecule has 0 aromatic carbocycles. The molecule has 1 amide bonds. The summed E-state index contributed by atoms with van der Waals surface area (Å²) in [5.41, 5.74) is 5.68. The molecule has 1 heterocycles. The molecule has 0 radical (unpaired) electrons. The van der Waals surface area contributed by atoms with Gasteiger partial charge in [-0.05, 0) is 12.8 Å². The van der Waals surface area contributed by atoms with Crippen LogP contribution in [0.25, 0.3) is 0 Å². The maximum atomic E-state index is 11.6. The van der Waals surface area contributed by atoms with Gasteiger partial charge in [0.2, 0.25) is 5.91 Å². The molecule has 14 heavy (non-hydrogen) atoms. The second-order valence-corrected chi connectivity index (χ2v) is 3.61. The zero-order chi connectivity index (χ0) is 10.6. The van der Waals surface area contributed by atoms with Gasteiger partial charge < -0.3 is 20.5 Å². The zero-order valence-electron chi connectivity index (χ0n) is 8.48. The molecule has 1 rings (SSSR count). The number of nitrogens with zero attached hydrogens (tertiary/aromatic N) is 1. The summed E-state index contributed by atoms with van der Waals surface area (Å²) in [4.78, 5) is 13.2. The van der Waals surface area contributed by atoms with Crippen molar-refractivity contribution < 1.29 is 14.6 Å². The molecule has 0 aromatic rings. The van der Waals surface area contributed by atoms with E-state index in [9.17, 15) is 9.90 Å². The number of hydrogen-bond acceptors (Lipinski definition) is 4. The van der Waals surface area contributed by atoms with Crippen LogP contribution in [0.1, 0.15) is 12.8 Å². The average molecular weight is 202 g/mol. The summed E-state index contributed by atoms with van der Waals surface area (Å²) in [6, 6.07) is -0.500. The number of β-amino-alcohol motifs (C(OH)–C–C–N with tert-alkyl or cyclic N) is 1. The minimum Gasteiger partial charge on any atom is -0.391 e. The lowest BCUT2D eigenvalue weighted by Gasteiger charge is -2.19. The molecule has 0 spiro atoms. The molecule has 1 saturated heterocycles. The molecule has 0 saturated carbocycles. The Bertz CT molecular complexity index is 198. The Balaban J connectivity index is 2.32. The molecule has 0 bridgehead atoms. The highest BCUT2D eigenvalue weighted by molar-refractivity contribution is 5.81. The van der Waals surface area contributed by atoms with Gasteiger partial charge in [0, 0.05) is 26.8 Å². The van der Waals surface area contributed by atoms with Crippen LogP contribution >= 0.6 is 0 Å². The van der Waals surface area contributed by atoms with Crippen molar-refractivity contribution in [2.24, 2.45) is 5.73 Å². The van der Waals surface area contributed by atoms with E-state index >= 15 is 0 Å². The van der Waals surface area contributed by atoms with E-state index in [1.165, 1.54) is 0 Å². The minimum atomic E-state index is -0.500. The van der Waals surface area contributed by atoms with Gasteiger partial charge in [-0.1, -0.05) is 0 Å². The van der Waals surface area contributed by atoms with Crippen LogP contribution in [0.4, 0.5) is 0 Å². The van der Waals surface area contributed by atoms with E-state index in [2.05, 4.69) is 0 Å². The van der Waals surface area contributed by atoms with Gasteiger partial charge in [-0.25, -0.2) is 0 Å². The molecule has 1 aliphatic heterocycles. The topological polar surface area (TPSA) is 75.8 Å². The fourth-order valence-electron chi connectivity index (χ4n) is 1.54. The molecule has 0 aromatic heterocycles. The normalized spacial score (nSPS) is 23.9. The van der Waals surface area contributed by atoms with Gasteiger partial charge in [-0.15, -0.1) is 0 Å². The van der Waals surface area contributed by atoms with Gasteiger partial charge in [0.1, 0.15) is 0 Å². The minimum absolute atomic E-state index is 0.0846. The fraction of sp³-hybridized carbons (Fsp3) is 0.889. The predicted octanol–water partition coefficient (Wildman–Crippen LogP) is -1.06. The van der Waals surface area contributed by atoms with Crippen molar-refractivity contribution in [3.63, 3.8) is 0 Å². The Morgan fingerprint density at radius 2 is 2.50 bits per heavy atom. The van der Waals surface area contributed by atoms with Crippen molar-refractivity contribution in [3.8, 4) is 0 Å². The van der Waals surface area contributed by atoms with Gasteiger partial charge in [0.05, 0.1) is 12.1 Å². The van der Waals surface area contributed by atoms with Gasteiger partial charge in [0.25, 0.3) is 0 Å². The third-order valence-corrected chi connectivity index (χ3v) is 2.43. The first-order valence-corrected chi connectivity index (χ1v) is 4.86. The summed E-state index contributed by atoms with van der Waals surface area (Å²) >= 11 is 0. The second kappa shape index (κ2) is 5.29. The van der Waals surface area contributed by atoms with Crippen LogP contribution in [0.3, 0.4) is 0 Å². The number of aliphatic hydroxyl groups is 1. The number of carbonyl (C=O) groups excluding carboxylic acids is 1. The van der Waals surface area contributed by atoms with Gasteiger partial charge in [0.15, 0.2) is 0 Å². The smallest absolute Gasteiger partial charge is 0.239 e. The highest BCUT2D eigenvalue weighted by Gasteiger charge is 2.27. The van der Waals surface area contributed by atoms with Crippen molar-refractivity contribution in [2.75, 3.05) is 26.8 Å². The Kier molecular flexibility index (Phi) is 4.31. The van der Waals surface area contributed by atoms with Crippen LogP contribution in [0.5, 0.6) is 0 Å². The van der Waals surface area contributed by atoms with E-state index in [4.69, 9.17) is 10.5 Å². The predicted molar refractivity (Wildman–Crippen MR) is 51.7 cm³/mol. The number of likely N-dealkylation sites (tertiary alicyclic amines) is 1. The second-order valence-electron chi connectivity index (χ2n) is 3.61. The lowest BCUT2D eigenvalue weighted by Crippen LogP contribution is -2.43. The van der Waals surface area contributed by atoms with Gasteiger partial charge in [-0.2, -0.15) is 0 Å². The first kappa shape index (κ1) is 11.4. The van der Waals surface area contributed by atoms with Crippen LogP contribution in [-0.2, 0) is 9.53 Å². The molecule has 2 atom stereocenters. The third-order valence-electron chi connectivity index (χ3n) is 2.43. The quantitative estimate of drug-likeness (QED) is 0.609. The molecule has 1 aliphatic rings. The summed E-state index contributed by atoms with van der Waals surface area (Å²) in [5.74, 6) is -0.0846. The number of hydrogen-bond donors (Lipinski definition) is 2. The van der Waals surface area contributed by atoms with Crippen LogP contribution < -0.4 is 5.73 Å². The number of rotatable bonds is 4. The molecule has 5 nitrogen and oxygen atoms in total. The number of amides is 1. The van der Waals surface area contributed by atoms with E-state index in [1.807, 2.05) is 0 Å². The van der Waals surface area contributed by atoms with Crippen molar-refractivity contribution in [2.45, 2.75) is 25.0 Å². The third kappa shape index (κ3) is 2.94. The number of nitrogens with two attached hydrogens (primary N) is 1. The molecule has 5 heteroatoms. The maximum Gasteiger partial charge on any atom is 0.239 e.